The Hall–Kier alpha value is -6.77. The second-order valence-corrected chi connectivity index (χ2v) is 13.2. The van der Waals surface area contributed by atoms with Gasteiger partial charge in [0.15, 0.2) is 11.6 Å². The molecule has 246 valence electrons. The Labute approximate surface area is 302 Å². The van der Waals surface area contributed by atoms with E-state index in [1.54, 1.807) is 0 Å². The van der Waals surface area contributed by atoms with Gasteiger partial charge in [0.2, 0.25) is 0 Å². The van der Waals surface area contributed by atoms with Crippen LogP contribution in [0.15, 0.2) is 152 Å². The van der Waals surface area contributed by atoms with Gasteiger partial charge in [0, 0.05) is 27.5 Å². The van der Waals surface area contributed by atoms with Gasteiger partial charge in [-0.1, -0.05) is 109 Å². The van der Waals surface area contributed by atoms with E-state index in [0.717, 1.165) is 97.2 Å². The van der Waals surface area contributed by atoms with Crippen molar-refractivity contribution in [1.82, 2.24) is 19.9 Å². The Balaban J connectivity index is 1.14. The number of rotatable bonds is 6. The van der Waals surface area contributed by atoms with E-state index in [1.807, 2.05) is 72.8 Å². The van der Waals surface area contributed by atoms with E-state index in [0.29, 0.717) is 11.4 Å². The van der Waals surface area contributed by atoms with E-state index >= 15 is 0 Å². The molecule has 0 amide bonds. The summed E-state index contributed by atoms with van der Waals surface area (Å²) < 4.78 is 0. The predicted octanol–water partition coefficient (Wildman–Crippen LogP) is 11.7. The van der Waals surface area contributed by atoms with Gasteiger partial charge in [-0.15, -0.1) is 0 Å². The first-order valence-electron chi connectivity index (χ1n) is 17.8. The van der Waals surface area contributed by atoms with Crippen molar-refractivity contribution < 1.29 is 0 Å². The highest BCUT2D eigenvalue weighted by atomic mass is 14.9. The van der Waals surface area contributed by atoms with E-state index in [2.05, 4.69) is 84.9 Å². The fourth-order valence-corrected chi connectivity index (χ4v) is 7.21. The quantitative estimate of drug-likeness (QED) is 0.176. The van der Waals surface area contributed by atoms with Gasteiger partial charge in [-0.3, -0.25) is 0 Å². The molecule has 1 aliphatic carbocycles. The van der Waals surface area contributed by atoms with Crippen molar-refractivity contribution in [3.05, 3.63) is 163 Å². The maximum absolute atomic E-state index is 10.2. The molecular weight excluding hydrogens is 635 g/mol. The Morgan fingerprint density at radius 1 is 0.442 bits per heavy atom. The van der Waals surface area contributed by atoms with Crippen molar-refractivity contribution in [2.24, 2.45) is 0 Å². The lowest BCUT2D eigenvalue weighted by atomic mass is 9.93. The van der Waals surface area contributed by atoms with Crippen LogP contribution in [0.1, 0.15) is 37.1 Å². The maximum Gasteiger partial charge on any atom is 0.160 e. The molecule has 0 saturated carbocycles. The fourth-order valence-electron chi connectivity index (χ4n) is 7.21. The second kappa shape index (κ2) is 13.5. The van der Waals surface area contributed by atoms with Crippen molar-refractivity contribution in [3.63, 3.8) is 0 Å². The van der Waals surface area contributed by atoms with Crippen LogP contribution in [0.25, 0.3) is 83.5 Å². The number of benzene rings is 6. The Kier molecular flexibility index (Phi) is 8.11. The molecule has 0 fully saturated rings. The van der Waals surface area contributed by atoms with Crippen LogP contribution in [0.2, 0.25) is 0 Å². The summed E-state index contributed by atoms with van der Waals surface area (Å²) in [5, 5.41) is 12.2. The van der Waals surface area contributed by atoms with Crippen LogP contribution in [0.4, 0.5) is 0 Å². The summed E-state index contributed by atoms with van der Waals surface area (Å²) in [7, 11) is 0. The van der Waals surface area contributed by atoms with Gasteiger partial charge in [0.05, 0.1) is 34.1 Å². The van der Waals surface area contributed by atoms with Crippen LogP contribution in [0.3, 0.4) is 0 Å². The first-order chi connectivity index (χ1) is 25.7. The number of hydrogen-bond donors (Lipinski definition) is 0. The number of nitrogens with zero attached hydrogens (tertiary/aromatic N) is 5. The van der Waals surface area contributed by atoms with Crippen molar-refractivity contribution in [2.45, 2.75) is 25.7 Å². The molecule has 5 heteroatoms. The van der Waals surface area contributed by atoms with Gasteiger partial charge in [-0.2, -0.15) is 5.26 Å². The molecule has 8 aromatic rings. The van der Waals surface area contributed by atoms with E-state index in [-0.39, 0.29) is 0 Å². The van der Waals surface area contributed by atoms with Gasteiger partial charge in [-0.05, 0) is 96.0 Å². The predicted molar refractivity (Wildman–Crippen MR) is 211 cm³/mol. The molecule has 2 aromatic heterocycles. The van der Waals surface area contributed by atoms with Gasteiger partial charge in [-0.25, -0.2) is 19.9 Å². The summed E-state index contributed by atoms with van der Waals surface area (Å²) in [6, 6.07) is 51.9. The van der Waals surface area contributed by atoms with Crippen LogP contribution in [-0.2, 0) is 0 Å². The minimum atomic E-state index is 0.598. The molecule has 1 aliphatic rings. The standard InChI is InChI=1S/C47H33N5/c48-30-31-25-38(34-17-11-19-36(27-34)44-40-21-7-9-23-42(40)49-46(51-44)32-13-3-1-4-14-32)29-39(26-31)35-18-12-20-37(28-35)45-41-22-8-10-24-43(41)50-47(52-45)33-15-5-2-6-16-33/h1,3-4,7-15,17-29H,2,5-6,16H2. The zero-order valence-corrected chi connectivity index (χ0v) is 28.5. The molecule has 2 heterocycles. The number of allylic oxidation sites excluding steroid dienone is 2. The van der Waals surface area contributed by atoms with Crippen LogP contribution in [0, 0.1) is 11.3 Å². The number of hydrogen-bond acceptors (Lipinski definition) is 5. The van der Waals surface area contributed by atoms with Crippen LogP contribution >= 0.6 is 0 Å². The molecule has 0 spiro atoms. The van der Waals surface area contributed by atoms with Crippen molar-refractivity contribution in [2.75, 3.05) is 0 Å². The Bertz CT molecular complexity index is 2710. The Morgan fingerprint density at radius 3 is 1.56 bits per heavy atom. The highest BCUT2D eigenvalue weighted by Gasteiger charge is 2.16. The molecule has 52 heavy (non-hydrogen) atoms. The van der Waals surface area contributed by atoms with Gasteiger partial charge in [0.1, 0.15) is 0 Å². The number of aromatic nitrogens is 4. The summed E-state index contributed by atoms with van der Waals surface area (Å²) in [5.74, 6) is 1.51. The summed E-state index contributed by atoms with van der Waals surface area (Å²) in [5.41, 5.74) is 12.4. The lowest BCUT2D eigenvalue weighted by Gasteiger charge is -2.15. The average molecular weight is 668 g/mol. The summed E-state index contributed by atoms with van der Waals surface area (Å²) >= 11 is 0. The third kappa shape index (κ3) is 6.01. The zero-order valence-electron chi connectivity index (χ0n) is 28.5. The van der Waals surface area contributed by atoms with Gasteiger partial charge >= 0.3 is 0 Å². The van der Waals surface area contributed by atoms with Crippen LogP contribution < -0.4 is 0 Å². The topological polar surface area (TPSA) is 75.3 Å². The largest absolute Gasteiger partial charge is 0.228 e. The fraction of sp³-hybridized carbons (Fsp3) is 0.0851. The Morgan fingerprint density at radius 2 is 0.962 bits per heavy atom. The van der Waals surface area contributed by atoms with E-state index < -0.39 is 0 Å². The monoisotopic (exact) mass is 667 g/mol. The van der Waals surface area contributed by atoms with Gasteiger partial charge < -0.3 is 0 Å². The maximum atomic E-state index is 10.2. The average Bonchev–Trinajstić information content (AvgIpc) is 3.23. The summed E-state index contributed by atoms with van der Waals surface area (Å²) in [6.07, 6.45) is 6.75. The smallest absolute Gasteiger partial charge is 0.160 e. The minimum absolute atomic E-state index is 0.598. The molecule has 9 rings (SSSR count). The molecule has 0 atom stereocenters. The highest BCUT2D eigenvalue weighted by Crippen LogP contribution is 2.36. The number of para-hydroxylation sites is 2. The first kappa shape index (κ1) is 31.2. The summed E-state index contributed by atoms with van der Waals surface area (Å²) in [6.45, 7) is 0. The lowest BCUT2D eigenvalue weighted by molar-refractivity contribution is 0.737. The molecule has 0 saturated heterocycles. The van der Waals surface area contributed by atoms with Crippen molar-refractivity contribution >= 4 is 27.4 Å². The van der Waals surface area contributed by atoms with Crippen LogP contribution in [-0.4, -0.2) is 19.9 Å². The number of nitriles is 1. The van der Waals surface area contributed by atoms with Crippen molar-refractivity contribution in [3.8, 4) is 62.2 Å². The molecule has 0 bridgehead atoms. The molecule has 0 radical (unpaired) electrons. The third-order valence-electron chi connectivity index (χ3n) is 9.82. The third-order valence-corrected chi connectivity index (χ3v) is 9.82. The molecule has 6 aromatic carbocycles. The zero-order chi connectivity index (χ0) is 34.9. The van der Waals surface area contributed by atoms with Gasteiger partial charge in [0.25, 0.3) is 0 Å². The molecular formula is C47H33N5. The van der Waals surface area contributed by atoms with Crippen molar-refractivity contribution in [1.29, 1.82) is 5.26 Å². The normalized spacial score (nSPS) is 12.8. The molecule has 0 aliphatic heterocycles. The second-order valence-electron chi connectivity index (χ2n) is 13.2. The molecule has 0 unspecified atom stereocenters. The number of fused-ring (bicyclic) bond motifs is 2. The van der Waals surface area contributed by atoms with Crippen LogP contribution in [0.5, 0.6) is 0 Å². The SMILES string of the molecule is N#Cc1cc(-c2cccc(-c3nc(C4=CCCCC4)nc4ccccc34)c2)cc(-c2cccc(-c3nc(-c4ccccc4)nc4ccccc34)c2)c1. The molecule has 5 nitrogen and oxygen atoms in total. The van der Waals surface area contributed by atoms with E-state index in [1.165, 1.54) is 12.0 Å². The van der Waals surface area contributed by atoms with E-state index in [9.17, 15) is 5.26 Å². The minimum Gasteiger partial charge on any atom is -0.228 e. The highest BCUT2D eigenvalue weighted by molar-refractivity contribution is 5.96. The lowest BCUT2D eigenvalue weighted by Crippen LogP contribution is -2.01. The first-order valence-corrected chi connectivity index (χ1v) is 17.8. The molecule has 0 N–H and O–H groups in total. The van der Waals surface area contributed by atoms with E-state index in [4.69, 9.17) is 19.9 Å². The summed E-state index contributed by atoms with van der Waals surface area (Å²) in [4.78, 5) is 20.1.